The van der Waals surface area contributed by atoms with Gasteiger partial charge in [0.15, 0.2) is 5.78 Å². The minimum absolute atomic E-state index is 0.0606. The molecular weight excluding hydrogens is 338 g/mol. The second-order valence-corrected chi connectivity index (χ2v) is 6.06. The van der Waals surface area contributed by atoms with Crippen molar-refractivity contribution in [2.45, 2.75) is 13.5 Å². The van der Waals surface area contributed by atoms with Crippen LogP contribution in [0.2, 0.25) is 5.02 Å². The lowest BCUT2D eigenvalue weighted by Gasteiger charge is -2.22. The van der Waals surface area contributed by atoms with Crippen molar-refractivity contribution < 1.29 is 4.79 Å². The van der Waals surface area contributed by atoms with Crippen LogP contribution in [0.1, 0.15) is 22.8 Å². The Balaban J connectivity index is 2.31. The number of carbonyl (C=O) groups is 1. The Kier molecular flexibility index (Phi) is 4.84. The van der Waals surface area contributed by atoms with E-state index in [4.69, 9.17) is 11.6 Å². The molecule has 0 heterocycles. The fraction of sp³-hybridized carbons (Fsp3) is 0.188. The summed E-state index contributed by atoms with van der Waals surface area (Å²) < 4.78 is 0.954. The zero-order valence-corrected chi connectivity index (χ0v) is 13.7. The molecule has 0 spiro atoms. The molecule has 0 aromatic heterocycles. The van der Waals surface area contributed by atoms with Gasteiger partial charge in [-0.3, -0.25) is 4.79 Å². The maximum absolute atomic E-state index is 11.7. The van der Waals surface area contributed by atoms with Crippen LogP contribution in [0.4, 0.5) is 5.69 Å². The van der Waals surface area contributed by atoms with Gasteiger partial charge in [-0.2, -0.15) is 0 Å². The highest BCUT2D eigenvalue weighted by atomic mass is 79.9. The maximum Gasteiger partial charge on any atom is 0.161 e. The van der Waals surface area contributed by atoms with Crippen LogP contribution in [0, 0.1) is 0 Å². The predicted molar refractivity (Wildman–Crippen MR) is 87.7 cm³/mol. The molecule has 0 radical (unpaired) electrons. The van der Waals surface area contributed by atoms with Gasteiger partial charge in [0.1, 0.15) is 0 Å². The Labute approximate surface area is 132 Å². The molecule has 0 aliphatic rings. The van der Waals surface area contributed by atoms with Crippen molar-refractivity contribution in [3.63, 3.8) is 0 Å². The third-order valence-corrected chi connectivity index (χ3v) is 3.79. The van der Waals surface area contributed by atoms with Crippen LogP contribution >= 0.6 is 27.5 Å². The van der Waals surface area contributed by atoms with E-state index in [1.165, 1.54) is 0 Å². The number of benzene rings is 2. The van der Waals surface area contributed by atoms with E-state index < -0.39 is 0 Å². The molecule has 2 aromatic carbocycles. The molecule has 0 fully saturated rings. The third-order valence-electron chi connectivity index (χ3n) is 3.06. The standard InChI is InChI=1S/C16H15BrClNO/c1-11(20)15-7-6-13(17)9-16(15)19(2)10-12-4-3-5-14(18)8-12/h3-9H,10H2,1-2H3. The summed E-state index contributed by atoms with van der Waals surface area (Å²) in [6.07, 6.45) is 0. The minimum Gasteiger partial charge on any atom is -0.370 e. The molecule has 0 saturated heterocycles. The number of carbonyl (C=O) groups excluding carboxylic acids is 1. The molecule has 2 aromatic rings. The number of rotatable bonds is 4. The Bertz CT molecular complexity index is 642. The van der Waals surface area contributed by atoms with E-state index in [2.05, 4.69) is 15.9 Å². The molecule has 0 bridgehead atoms. The van der Waals surface area contributed by atoms with Crippen LogP contribution in [0.15, 0.2) is 46.9 Å². The monoisotopic (exact) mass is 351 g/mol. The lowest BCUT2D eigenvalue weighted by molar-refractivity contribution is 0.101. The average Bonchev–Trinajstić information content (AvgIpc) is 2.38. The maximum atomic E-state index is 11.7. The fourth-order valence-corrected chi connectivity index (χ4v) is 2.67. The molecule has 0 saturated carbocycles. The molecule has 104 valence electrons. The van der Waals surface area contributed by atoms with E-state index >= 15 is 0 Å². The number of hydrogen-bond donors (Lipinski definition) is 0. The van der Waals surface area contributed by atoms with Crippen LogP contribution in [0.25, 0.3) is 0 Å². The first-order valence-corrected chi connectivity index (χ1v) is 7.40. The van der Waals surface area contributed by atoms with E-state index in [-0.39, 0.29) is 5.78 Å². The van der Waals surface area contributed by atoms with Crippen molar-refractivity contribution in [1.82, 2.24) is 0 Å². The van der Waals surface area contributed by atoms with Crippen molar-refractivity contribution in [2.75, 3.05) is 11.9 Å². The summed E-state index contributed by atoms with van der Waals surface area (Å²) in [7, 11) is 1.97. The topological polar surface area (TPSA) is 20.3 Å². The Hall–Kier alpha value is -1.32. The van der Waals surface area contributed by atoms with E-state index in [1.54, 1.807) is 6.92 Å². The number of Topliss-reactive ketones (excluding diaryl/α,β-unsaturated/α-hetero) is 1. The van der Waals surface area contributed by atoms with Crippen LogP contribution in [0.5, 0.6) is 0 Å². The largest absolute Gasteiger partial charge is 0.370 e. The van der Waals surface area contributed by atoms with Crippen molar-refractivity contribution in [2.24, 2.45) is 0 Å². The quantitative estimate of drug-likeness (QED) is 0.726. The first-order chi connectivity index (χ1) is 9.47. The Morgan fingerprint density at radius 2 is 2.00 bits per heavy atom. The van der Waals surface area contributed by atoms with E-state index in [0.29, 0.717) is 6.54 Å². The first kappa shape index (κ1) is 15.1. The van der Waals surface area contributed by atoms with Crippen molar-refractivity contribution in [1.29, 1.82) is 0 Å². The van der Waals surface area contributed by atoms with Gasteiger partial charge in [0.25, 0.3) is 0 Å². The molecule has 0 amide bonds. The molecular formula is C16H15BrClNO. The van der Waals surface area contributed by atoms with Gasteiger partial charge < -0.3 is 4.90 Å². The lowest BCUT2D eigenvalue weighted by Crippen LogP contribution is -2.19. The van der Waals surface area contributed by atoms with Gasteiger partial charge in [0.05, 0.1) is 0 Å². The molecule has 0 aliphatic carbocycles. The van der Waals surface area contributed by atoms with Crippen LogP contribution in [-0.4, -0.2) is 12.8 Å². The lowest BCUT2D eigenvalue weighted by atomic mass is 10.1. The van der Waals surface area contributed by atoms with Gasteiger partial charge in [-0.05, 0) is 42.8 Å². The number of hydrogen-bond acceptors (Lipinski definition) is 2. The summed E-state index contributed by atoms with van der Waals surface area (Å²) in [4.78, 5) is 13.8. The third kappa shape index (κ3) is 3.62. The van der Waals surface area contributed by atoms with Gasteiger partial charge in [0.2, 0.25) is 0 Å². The fourth-order valence-electron chi connectivity index (χ4n) is 2.11. The summed E-state index contributed by atoms with van der Waals surface area (Å²) in [5.41, 5.74) is 2.74. The minimum atomic E-state index is 0.0606. The van der Waals surface area contributed by atoms with Crippen molar-refractivity contribution >= 4 is 39.0 Å². The van der Waals surface area contributed by atoms with Crippen LogP contribution < -0.4 is 4.90 Å². The molecule has 4 heteroatoms. The molecule has 2 rings (SSSR count). The molecule has 0 unspecified atom stereocenters. The number of anilines is 1. The first-order valence-electron chi connectivity index (χ1n) is 6.23. The Morgan fingerprint density at radius 1 is 1.25 bits per heavy atom. The second-order valence-electron chi connectivity index (χ2n) is 4.70. The van der Waals surface area contributed by atoms with E-state index in [1.807, 2.05) is 54.4 Å². The second kappa shape index (κ2) is 6.42. The summed E-state index contributed by atoms with van der Waals surface area (Å²) in [5, 5.41) is 0.719. The Morgan fingerprint density at radius 3 is 2.65 bits per heavy atom. The van der Waals surface area contributed by atoms with Gasteiger partial charge in [-0.15, -0.1) is 0 Å². The summed E-state index contributed by atoms with van der Waals surface area (Å²) in [6.45, 7) is 2.28. The molecule has 0 aliphatic heterocycles. The van der Waals surface area contributed by atoms with E-state index in [0.717, 1.165) is 26.3 Å². The van der Waals surface area contributed by atoms with Gasteiger partial charge in [0, 0.05) is 34.3 Å². The number of nitrogens with zero attached hydrogens (tertiary/aromatic N) is 1. The molecule has 2 nitrogen and oxygen atoms in total. The normalized spacial score (nSPS) is 10.4. The predicted octanol–water partition coefficient (Wildman–Crippen LogP) is 4.94. The average molecular weight is 353 g/mol. The zero-order valence-electron chi connectivity index (χ0n) is 11.4. The van der Waals surface area contributed by atoms with Crippen LogP contribution in [0.3, 0.4) is 0 Å². The van der Waals surface area contributed by atoms with Crippen molar-refractivity contribution in [3.8, 4) is 0 Å². The molecule has 0 N–H and O–H groups in total. The van der Waals surface area contributed by atoms with Crippen LogP contribution in [-0.2, 0) is 6.54 Å². The highest BCUT2D eigenvalue weighted by molar-refractivity contribution is 9.10. The summed E-state index contributed by atoms with van der Waals surface area (Å²) in [6, 6.07) is 13.4. The molecule has 0 atom stereocenters. The molecule has 20 heavy (non-hydrogen) atoms. The van der Waals surface area contributed by atoms with Gasteiger partial charge >= 0.3 is 0 Å². The summed E-state index contributed by atoms with van der Waals surface area (Å²) >= 11 is 9.45. The SMILES string of the molecule is CC(=O)c1ccc(Br)cc1N(C)Cc1cccc(Cl)c1. The highest BCUT2D eigenvalue weighted by Gasteiger charge is 2.12. The highest BCUT2D eigenvalue weighted by Crippen LogP contribution is 2.26. The summed E-state index contributed by atoms with van der Waals surface area (Å²) in [5.74, 6) is 0.0606. The smallest absolute Gasteiger partial charge is 0.161 e. The number of halogens is 2. The van der Waals surface area contributed by atoms with Gasteiger partial charge in [-0.25, -0.2) is 0 Å². The zero-order chi connectivity index (χ0) is 14.7. The van der Waals surface area contributed by atoms with Crippen molar-refractivity contribution in [3.05, 3.63) is 63.1 Å². The van der Waals surface area contributed by atoms with Gasteiger partial charge in [-0.1, -0.05) is 39.7 Å². The number of ketones is 1. The van der Waals surface area contributed by atoms with E-state index in [9.17, 15) is 4.79 Å².